The van der Waals surface area contributed by atoms with Gasteiger partial charge in [0.25, 0.3) is 6.43 Å². The van der Waals surface area contributed by atoms with E-state index in [0.29, 0.717) is 5.69 Å². The van der Waals surface area contributed by atoms with Crippen molar-refractivity contribution in [3.63, 3.8) is 0 Å². The maximum Gasteiger partial charge on any atom is 0.265 e. The lowest BCUT2D eigenvalue weighted by Gasteiger charge is -2.09. The Hall–Kier alpha value is -1.08. The number of rotatable bonds is 3. The molecular weight excluding hydrogens is 252 g/mol. The number of anilines is 1. The minimum atomic E-state index is -2.50. The standard InChI is InChI=1S/C10H8BrF2N/c1-2-5-14-9-6-7(11)3-4-8(9)10(12)13/h1,3-4,6,10,14H,5H2. The average Bonchev–Trinajstić information content (AvgIpc) is 2.14. The summed E-state index contributed by atoms with van der Waals surface area (Å²) >= 11 is 3.20. The third kappa shape index (κ3) is 2.71. The molecule has 1 aromatic carbocycles. The van der Waals surface area contributed by atoms with E-state index in [1.165, 1.54) is 6.07 Å². The van der Waals surface area contributed by atoms with Crippen LogP contribution < -0.4 is 5.32 Å². The molecule has 1 N–H and O–H groups in total. The van der Waals surface area contributed by atoms with Crippen molar-refractivity contribution in [1.82, 2.24) is 0 Å². The van der Waals surface area contributed by atoms with Gasteiger partial charge in [-0.25, -0.2) is 8.78 Å². The summed E-state index contributed by atoms with van der Waals surface area (Å²) in [6, 6.07) is 4.52. The number of nitrogens with one attached hydrogen (secondary N) is 1. The second-order valence-electron chi connectivity index (χ2n) is 2.59. The van der Waals surface area contributed by atoms with E-state index in [4.69, 9.17) is 6.42 Å². The van der Waals surface area contributed by atoms with E-state index in [0.717, 1.165) is 4.47 Å². The molecule has 0 unspecified atom stereocenters. The van der Waals surface area contributed by atoms with E-state index >= 15 is 0 Å². The minimum Gasteiger partial charge on any atom is -0.374 e. The van der Waals surface area contributed by atoms with Crippen molar-refractivity contribution in [2.75, 3.05) is 11.9 Å². The highest BCUT2D eigenvalue weighted by Crippen LogP contribution is 2.29. The molecular formula is C10H8BrF2N. The van der Waals surface area contributed by atoms with Gasteiger partial charge in [0.1, 0.15) is 0 Å². The summed E-state index contributed by atoms with van der Waals surface area (Å²) in [5.41, 5.74) is 0.329. The third-order valence-corrected chi connectivity index (χ3v) is 2.12. The highest BCUT2D eigenvalue weighted by atomic mass is 79.9. The normalized spacial score (nSPS) is 9.93. The van der Waals surface area contributed by atoms with Crippen molar-refractivity contribution in [2.45, 2.75) is 6.43 Å². The first-order valence-corrected chi connectivity index (χ1v) is 4.69. The molecule has 0 aliphatic rings. The fourth-order valence-electron chi connectivity index (χ4n) is 1.02. The molecule has 0 aliphatic carbocycles. The Balaban J connectivity index is 2.98. The second-order valence-corrected chi connectivity index (χ2v) is 3.51. The van der Waals surface area contributed by atoms with Gasteiger partial charge < -0.3 is 5.32 Å². The van der Waals surface area contributed by atoms with E-state index < -0.39 is 6.43 Å². The van der Waals surface area contributed by atoms with Crippen LogP contribution in [0.4, 0.5) is 14.5 Å². The summed E-state index contributed by atoms with van der Waals surface area (Å²) in [7, 11) is 0. The first-order chi connectivity index (χ1) is 6.65. The second kappa shape index (κ2) is 4.97. The van der Waals surface area contributed by atoms with Gasteiger partial charge in [0, 0.05) is 15.7 Å². The van der Waals surface area contributed by atoms with Gasteiger partial charge in [0.15, 0.2) is 0 Å². The highest BCUT2D eigenvalue weighted by Gasteiger charge is 2.12. The van der Waals surface area contributed by atoms with Crippen LogP contribution in [0.3, 0.4) is 0 Å². The van der Waals surface area contributed by atoms with Gasteiger partial charge in [-0.15, -0.1) is 6.42 Å². The molecule has 0 bridgehead atoms. The lowest BCUT2D eigenvalue weighted by Crippen LogP contribution is -2.02. The van der Waals surface area contributed by atoms with E-state index in [9.17, 15) is 8.78 Å². The maximum atomic E-state index is 12.5. The van der Waals surface area contributed by atoms with Gasteiger partial charge in [0.05, 0.1) is 6.54 Å². The van der Waals surface area contributed by atoms with E-state index in [2.05, 4.69) is 27.2 Å². The first-order valence-electron chi connectivity index (χ1n) is 3.90. The molecule has 0 aliphatic heterocycles. The minimum absolute atomic E-state index is 0.0385. The summed E-state index contributed by atoms with van der Waals surface area (Å²) in [6.45, 7) is 0.232. The maximum absolute atomic E-state index is 12.5. The number of hydrogen-bond acceptors (Lipinski definition) is 1. The van der Waals surface area contributed by atoms with Crippen LogP contribution in [0, 0.1) is 12.3 Å². The Kier molecular flexibility index (Phi) is 3.90. The van der Waals surface area contributed by atoms with Gasteiger partial charge >= 0.3 is 0 Å². The molecule has 1 nitrogen and oxygen atoms in total. The van der Waals surface area contributed by atoms with Gasteiger partial charge in [0.2, 0.25) is 0 Å². The van der Waals surface area contributed by atoms with Gasteiger partial charge in [-0.05, 0) is 12.1 Å². The Morgan fingerprint density at radius 1 is 1.50 bits per heavy atom. The Bertz CT molecular complexity index is 358. The third-order valence-electron chi connectivity index (χ3n) is 1.63. The zero-order valence-corrected chi connectivity index (χ0v) is 8.81. The summed E-state index contributed by atoms with van der Waals surface area (Å²) in [5.74, 6) is 2.33. The predicted molar refractivity (Wildman–Crippen MR) is 56.4 cm³/mol. The summed E-state index contributed by atoms with van der Waals surface area (Å²) in [6.07, 6.45) is 2.53. The lowest BCUT2D eigenvalue weighted by molar-refractivity contribution is 0.152. The largest absolute Gasteiger partial charge is 0.374 e. The van der Waals surface area contributed by atoms with Crippen LogP contribution in [-0.2, 0) is 0 Å². The number of hydrogen-bond donors (Lipinski definition) is 1. The molecule has 0 radical (unpaired) electrons. The molecule has 0 heterocycles. The van der Waals surface area contributed by atoms with Gasteiger partial charge in [-0.1, -0.05) is 27.9 Å². The van der Waals surface area contributed by atoms with Crippen LogP contribution in [-0.4, -0.2) is 6.54 Å². The summed E-state index contributed by atoms with van der Waals surface area (Å²) in [4.78, 5) is 0. The van der Waals surface area contributed by atoms with Crippen LogP contribution >= 0.6 is 15.9 Å². The smallest absolute Gasteiger partial charge is 0.265 e. The zero-order valence-electron chi connectivity index (χ0n) is 7.23. The van der Waals surface area contributed by atoms with Crippen molar-refractivity contribution in [3.8, 4) is 12.3 Å². The molecule has 0 spiro atoms. The fraction of sp³-hybridized carbons (Fsp3) is 0.200. The number of benzene rings is 1. The van der Waals surface area contributed by atoms with E-state index in [-0.39, 0.29) is 12.1 Å². The van der Waals surface area contributed by atoms with Crippen LogP contribution in [0.2, 0.25) is 0 Å². The number of terminal acetylenes is 1. The number of halogens is 3. The monoisotopic (exact) mass is 259 g/mol. The Morgan fingerprint density at radius 2 is 2.21 bits per heavy atom. The molecule has 0 atom stereocenters. The fourth-order valence-corrected chi connectivity index (χ4v) is 1.38. The molecule has 4 heteroatoms. The van der Waals surface area contributed by atoms with Gasteiger partial charge in [-0.3, -0.25) is 0 Å². The molecule has 1 rings (SSSR count). The van der Waals surface area contributed by atoms with Gasteiger partial charge in [-0.2, -0.15) is 0 Å². The van der Waals surface area contributed by atoms with Crippen molar-refractivity contribution >= 4 is 21.6 Å². The topological polar surface area (TPSA) is 12.0 Å². The Labute approximate surface area is 89.6 Å². The molecule has 0 fully saturated rings. The average molecular weight is 260 g/mol. The quantitative estimate of drug-likeness (QED) is 0.821. The Morgan fingerprint density at radius 3 is 2.79 bits per heavy atom. The van der Waals surface area contributed by atoms with Crippen molar-refractivity contribution in [1.29, 1.82) is 0 Å². The summed E-state index contributed by atoms with van der Waals surface area (Å²) < 4.78 is 25.7. The first kappa shape index (κ1) is 11.0. The van der Waals surface area contributed by atoms with Crippen molar-refractivity contribution in [2.24, 2.45) is 0 Å². The molecule has 1 aromatic rings. The molecule has 0 saturated heterocycles. The van der Waals surface area contributed by atoms with Crippen molar-refractivity contribution < 1.29 is 8.78 Å². The molecule has 14 heavy (non-hydrogen) atoms. The SMILES string of the molecule is C#CCNc1cc(Br)ccc1C(F)F. The van der Waals surface area contributed by atoms with E-state index in [1.807, 2.05) is 0 Å². The van der Waals surface area contributed by atoms with Crippen LogP contribution in [0.5, 0.6) is 0 Å². The van der Waals surface area contributed by atoms with Crippen LogP contribution in [0.25, 0.3) is 0 Å². The van der Waals surface area contributed by atoms with Crippen molar-refractivity contribution in [3.05, 3.63) is 28.2 Å². The zero-order chi connectivity index (χ0) is 10.6. The van der Waals surface area contributed by atoms with Crippen LogP contribution in [0.1, 0.15) is 12.0 Å². The molecule has 0 saturated carbocycles. The highest BCUT2D eigenvalue weighted by molar-refractivity contribution is 9.10. The molecule has 0 amide bonds. The molecule has 74 valence electrons. The lowest BCUT2D eigenvalue weighted by atomic mass is 10.2. The molecule has 0 aromatic heterocycles. The number of alkyl halides is 2. The van der Waals surface area contributed by atoms with Crippen LogP contribution in [0.15, 0.2) is 22.7 Å². The van der Waals surface area contributed by atoms with E-state index in [1.54, 1.807) is 12.1 Å². The summed E-state index contributed by atoms with van der Waals surface area (Å²) in [5, 5.41) is 2.74. The predicted octanol–water partition coefficient (Wildman–Crippen LogP) is 3.43.